The normalized spacial score (nSPS) is 19.0. The van der Waals surface area contributed by atoms with E-state index < -0.39 is 0 Å². The maximum absolute atomic E-state index is 12.5. The van der Waals surface area contributed by atoms with Crippen molar-refractivity contribution >= 4 is 23.3 Å². The number of nitrogens with zero attached hydrogens (tertiary/aromatic N) is 3. The molecule has 0 aliphatic carbocycles. The molecule has 2 aliphatic heterocycles. The van der Waals surface area contributed by atoms with Crippen LogP contribution in [0.15, 0.2) is 36.7 Å². The number of rotatable bonds is 4. The lowest BCUT2D eigenvalue weighted by Crippen LogP contribution is -2.40. The molecule has 0 spiro atoms. The van der Waals surface area contributed by atoms with E-state index in [0.29, 0.717) is 36.8 Å². The SMILES string of the molecule is O=C(NC1CCOC1)c1cnc2c(c1)N(Cc1ccccn1)C(=O)CN2. The molecule has 0 aromatic carbocycles. The summed E-state index contributed by atoms with van der Waals surface area (Å²) in [6.07, 6.45) is 4.01. The van der Waals surface area contributed by atoms with Crippen molar-refractivity contribution in [3.05, 3.63) is 47.9 Å². The number of aromatic nitrogens is 2. The van der Waals surface area contributed by atoms with E-state index in [4.69, 9.17) is 4.74 Å². The third kappa shape index (κ3) is 3.36. The minimum atomic E-state index is -0.216. The van der Waals surface area contributed by atoms with Crippen molar-refractivity contribution in [1.82, 2.24) is 15.3 Å². The first-order valence-electron chi connectivity index (χ1n) is 8.53. The molecule has 4 heterocycles. The zero-order chi connectivity index (χ0) is 17.9. The molecule has 1 fully saturated rings. The molecule has 1 saturated heterocycles. The first-order chi connectivity index (χ1) is 12.7. The van der Waals surface area contributed by atoms with Gasteiger partial charge in [-0.25, -0.2) is 4.98 Å². The summed E-state index contributed by atoms with van der Waals surface area (Å²) in [5, 5.41) is 5.93. The lowest BCUT2D eigenvalue weighted by atomic mass is 10.1. The molecule has 2 aromatic heterocycles. The number of amides is 2. The van der Waals surface area contributed by atoms with Gasteiger partial charge in [0.1, 0.15) is 0 Å². The summed E-state index contributed by atoms with van der Waals surface area (Å²) in [4.78, 5) is 35.1. The maximum atomic E-state index is 12.5. The van der Waals surface area contributed by atoms with Crippen LogP contribution in [-0.2, 0) is 16.1 Å². The summed E-state index contributed by atoms with van der Waals surface area (Å²) in [6.45, 7) is 1.68. The van der Waals surface area contributed by atoms with Crippen molar-refractivity contribution in [2.24, 2.45) is 0 Å². The zero-order valence-electron chi connectivity index (χ0n) is 14.1. The van der Waals surface area contributed by atoms with E-state index in [0.717, 1.165) is 12.1 Å². The minimum absolute atomic E-state index is 0.0166. The number of carbonyl (C=O) groups is 2. The Morgan fingerprint density at radius 2 is 2.31 bits per heavy atom. The molecule has 8 nitrogen and oxygen atoms in total. The smallest absolute Gasteiger partial charge is 0.253 e. The monoisotopic (exact) mass is 353 g/mol. The molecule has 0 saturated carbocycles. The van der Waals surface area contributed by atoms with Gasteiger partial charge in [-0.3, -0.25) is 14.6 Å². The van der Waals surface area contributed by atoms with Gasteiger partial charge < -0.3 is 20.3 Å². The van der Waals surface area contributed by atoms with Crippen LogP contribution in [0.5, 0.6) is 0 Å². The molecule has 1 unspecified atom stereocenters. The second-order valence-electron chi connectivity index (χ2n) is 6.28. The van der Waals surface area contributed by atoms with Gasteiger partial charge in [-0.05, 0) is 24.6 Å². The molecule has 134 valence electrons. The Morgan fingerprint density at radius 3 is 3.08 bits per heavy atom. The van der Waals surface area contributed by atoms with Crippen LogP contribution in [0.2, 0.25) is 0 Å². The molecule has 0 bridgehead atoms. The van der Waals surface area contributed by atoms with Gasteiger partial charge in [-0.1, -0.05) is 6.07 Å². The Labute approximate surface area is 150 Å². The molecule has 2 aromatic rings. The van der Waals surface area contributed by atoms with E-state index in [2.05, 4.69) is 20.6 Å². The van der Waals surface area contributed by atoms with Crippen molar-refractivity contribution in [3.63, 3.8) is 0 Å². The molecule has 8 heteroatoms. The zero-order valence-corrected chi connectivity index (χ0v) is 14.1. The number of anilines is 2. The number of hydrogen-bond donors (Lipinski definition) is 2. The van der Waals surface area contributed by atoms with E-state index in [1.165, 1.54) is 6.20 Å². The van der Waals surface area contributed by atoms with Gasteiger partial charge in [-0.2, -0.15) is 0 Å². The number of pyridine rings is 2. The molecule has 2 aliphatic rings. The van der Waals surface area contributed by atoms with Crippen molar-refractivity contribution in [2.75, 3.05) is 30.0 Å². The topological polar surface area (TPSA) is 96.4 Å². The van der Waals surface area contributed by atoms with Gasteiger partial charge in [0.25, 0.3) is 5.91 Å². The number of hydrogen-bond acceptors (Lipinski definition) is 6. The van der Waals surface area contributed by atoms with Gasteiger partial charge in [0.15, 0.2) is 5.82 Å². The number of fused-ring (bicyclic) bond motifs is 1. The summed E-state index contributed by atoms with van der Waals surface area (Å²) in [6, 6.07) is 7.28. The highest BCUT2D eigenvalue weighted by Crippen LogP contribution is 2.29. The van der Waals surface area contributed by atoms with E-state index in [9.17, 15) is 9.59 Å². The Balaban J connectivity index is 1.59. The second kappa shape index (κ2) is 7.09. The van der Waals surface area contributed by atoms with Gasteiger partial charge in [-0.15, -0.1) is 0 Å². The molecule has 1 atom stereocenters. The standard InChI is InChI=1S/C18H19N5O3/c24-16-9-21-17-15(23(16)10-13-3-1-2-5-19-13)7-12(8-20-17)18(25)22-14-4-6-26-11-14/h1-3,5,7-8,14H,4,6,9-11H2,(H,20,21)(H,22,25). The lowest BCUT2D eigenvalue weighted by molar-refractivity contribution is -0.117. The predicted molar refractivity (Wildman–Crippen MR) is 94.8 cm³/mol. The van der Waals surface area contributed by atoms with Crippen LogP contribution in [-0.4, -0.2) is 47.6 Å². The summed E-state index contributed by atoms with van der Waals surface area (Å²) >= 11 is 0. The third-order valence-electron chi connectivity index (χ3n) is 4.44. The largest absolute Gasteiger partial charge is 0.379 e. The fraction of sp³-hybridized carbons (Fsp3) is 0.333. The average molecular weight is 353 g/mol. The first kappa shape index (κ1) is 16.5. The molecule has 2 amide bonds. The lowest BCUT2D eigenvalue weighted by Gasteiger charge is -2.29. The Bertz CT molecular complexity index is 821. The first-order valence-corrected chi connectivity index (χ1v) is 8.53. The molecule has 0 radical (unpaired) electrons. The van der Waals surface area contributed by atoms with Gasteiger partial charge in [0.05, 0.1) is 42.7 Å². The number of nitrogens with one attached hydrogen (secondary N) is 2. The summed E-state index contributed by atoms with van der Waals surface area (Å²) in [7, 11) is 0. The average Bonchev–Trinajstić information content (AvgIpc) is 3.17. The Hall–Kier alpha value is -3.00. The summed E-state index contributed by atoms with van der Waals surface area (Å²) < 4.78 is 5.28. The third-order valence-corrected chi connectivity index (χ3v) is 4.44. The van der Waals surface area contributed by atoms with Crippen molar-refractivity contribution in [3.8, 4) is 0 Å². The predicted octanol–water partition coefficient (Wildman–Crippen LogP) is 0.954. The highest BCUT2D eigenvalue weighted by atomic mass is 16.5. The van der Waals surface area contributed by atoms with E-state index in [-0.39, 0.29) is 24.4 Å². The quantitative estimate of drug-likeness (QED) is 0.850. The molecule has 26 heavy (non-hydrogen) atoms. The molecular weight excluding hydrogens is 334 g/mol. The highest BCUT2D eigenvalue weighted by molar-refractivity contribution is 6.04. The molecule has 2 N–H and O–H groups in total. The van der Waals surface area contributed by atoms with Crippen molar-refractivity contribution in [1.29, 1.82) is 0 Å². The van der Waals surface area contributed by atoms with Crippen LogP contribution in [0.1, 0.15) is 22.5 Å². The van der Waals surface area contributed by atoms with Crippen LogP contribution in [0.4, 0.5) is 11.5 Å². The van der Waals surface area contributed by atoms with Crippen LogP contribution < -0.4 is 15.5 Å². The Kier molecular flexibility index (Phi) is 4.49. The van der Waals surface area contributed by atoms with E-state index in [1.54, 1.807) is 17.2 Å². The van der Waals surface area contributed by atoms with Crippen LogP contribution >= 0.6 is 0 Å². The fourth-order valence-electron chi connectivity index (χ4n) is 3.05. The highest BCUT2D eigenvalue weighted by Gasteiger charge is 2.27. The van der Waals surface area contributed by atoms with Crippen molar-refractivity contribution in [2.45, 2.75) is 19.0 Å². The minimum Gasteiger partial charge on any atom is -0.379 e. The van der Waals surface area contributed by atoms with E-state index >= 15 is 0 Å². The number of ether oxygens (including phenoxy) is 1. The van der Waals surface area contributed by atoms with Gasteiger partial charge in [0, 0.05) is 19.0 Å². The van der Waals surface area contributed by atoms with Crippen molar-refractivity contribution < 1.29 is 14.3 Å². The summed E-state index contributed by atoms with van der Waals surface area (Å²) in [5.41, 5.74) is 1.77. The van der Waals surface area contributed by atoms with Crippen LogP contribution in [0.25, 0.3) is 0 Å². The molecule has 4 rings (SSSR count). The maximum Gasteiger partial charge on any atom is 0.253 e. The van der Waals surface area contributed by atoms with Crippen LogP contribution in [0.3, 0.4) is 0 Å². The number of carbonyl (C=O) groups excluding carboxylic acids is 2. The second-order valence-corrected chi connectivity index (χ2v) is 6.28. The van der Waals surface area contributed by atoms with Gasteiger partial charge in [0.2, 0.25) is 5.91 Å². The summed E-state index contributed by atoms with van der Waals surface area (Å²) in [5.74, 6) is 0.277. The van der Waals surface area contributed by atoms with Crippen LogP contribution in [0, 0.1) is 0 Å². The van der Waals surface area contributed by atoms with E-state index in [1.807, 2.05) is 18.2 Å². The molecular formula is C18H19N5O3. The van der Waals surface area contributed by atoms with Gasteiger partial charge >= 0.3 is 0 Å². The fourth-order valence-corrected chi connectivity index (χ4v) is 3.05. The Morgan fingerprint density at radius 1 is 1.38 bits per heavy atom.